The van der Waals surface area contributed by atoms with Gasteiger partial charge in [0.2, 0.25) is 10.0 Å². The number of allylic oxidation sites excluding steroid dienone is 1. The molecule has 3 nitrogen and oxygen atoms in total. The van der Waals surface area contributed by atoms with Crippen molar-refractivity contribution in [3.63, 3.8) is 0 Å². The average molecular weight is 285 g/mol. The summed E-state index contributed by atoms with van der Waals surface area (Å²) in [5.41, 5.74) is 1.05. The van der Waals surface area contributed by atoms with E-state index < -0.39 is 10.0 Å². The Kier molecular flexibility index (Phi) is 6.46. The van der Waals surface area contributed by atoms with E-state index in [1.54, 1.807) is 36.0 Å². The predicted octanol–water partition coefficient (Wildman–Crippen LogP) is 2.93. The van der Waals surface area contributed by atoms with Gasteiger partial charge in [-0.2, -0.15) is 0 Å². The molecule has 0 amide bonds. The topological polar surface area (TPSA) is 46.2 Å². The molecule has 0 aliphatic carbocycles. The molecular weight excluding hydrogens is 266 g/mol. The molecule has 1 N–H and O–H groups in total. The maximum absolute atomic E-state index is 11.9. The Balaban J connectivity index is 2.45. The maximum atomic E-state index is 11.9. The van der Waals surface area contributed by atoms with E-state index >= 15 is 0 Å². The fourth-order valence-electron chi connectivity index (χ4n) is 1.39. The third-order valence-electron chi connectivity index (χ3n) is 2.40. The summed E-state index contributed by atoms with van der Waals surface area (Å²) in [7, 11) is -3.35. The second kappa shape index (κ2) is 7.61. The van der Waals surface area contributed by atoms with Gasteiger partial charge in [-0.1, -0.05) is 23.8 Å². The Bertz CT molecular complexity index is 478. The largest absolute Gasteiger partial charge is 0.240 e. The first-order valence-corrected chi connectivity index (χ1v) is 8.57. The van der Waals surface area contributed by atoms with Crippen LogP contribution in [0.25, 0.3) is 0 Å². The third-order valence-corrected chi connectivity index (χ3v) is 4.34. The molecule has 0 fully saturated rings. The summed E-state index contributed by atoms with van der Waals surface area (Å²) in [6.07, 6.45) is 5.74. The van der Waals surface area contributed by atoms with Gasteiger partial charge in [0.1, 0.15) is 0 Å². The zero-order valence-electron chi connectivity index (χ0n) is 10.7. The van der Waals surface area contributed by atoms with Gasteiger partial charge in [0.05, 0.1) is 4.90 Å². The Hall–Kier alpha value is -0.780. The van der Waals surface area contributed by atoms with E-state index in [2.05, 4.69) is 4.72 Å². The molecule has 0 aromatic heterocycles. The molecule has 0 radical (unpaired) electrons. The van der Waals surface area contributed by atoms with Gasteiger partial charge in [-0.3, -0.25) is 0 Å². The number of hydrogen-bond acceptors (Lipinski definition) is 3. The van der Waals surface area contributed by atoms with Gasteiger partial charge >= 0.3 is 0 Å². The van der Waals surface area contributed by atoms with Gasteiger partial charge in [-0.05, 0) is 43.6 Å². The summed E-state index contributed by atoms with van der Waals surface area (Å²) in [4.78, 5) is 0.327. The number of nitrogens with one attached hydrogen (secondary N) is 1. The highest BCUT2D eigenvalue weighted by Gasteiger charge is 2.11. The van der Waals surface area contributed by atoms with Crippen LogP contribution in [-0.4, -0.2) is 21.2 Å². The van der Waals surface area contributed by atoms with Gasteiger partial charge in [-0.15, -0.1) is 11.8 Å². The van der Waals surface area contributed by atoms with Crippen molar-refractivity contribution in [1.29, 1.82) is 0 Å². The SMILES string of the molecule is CS/C=C/CCCNS(=O)(=O)c1ccc(C)cc1. The van der Waals surface area contributed by atoms with E-state index in [0.717, 1.165) is 18.4 Å². The number of thioether (sulfide) groups is 1. The lowest BCUT2D eigenvalue weighted by atomic mass is 10.2. The highest BCUT2D eigenvalue weighted by Crippen LogP contribution is 2.09. The third kappa shape index (κ3) is 5.25. The fraction of sp³-hybridized carbons (Fsp3) is 0.385. The van der Waals surface area contributed by atoms with E-state index in [1.807, 2.05) is 24.7 Å². The van der Waals surface area contributed by atoms with Crippen molar-refractivity contribution in [2.45, 2.75) is 24.7 Å². The summed E-state index contributed by atoms with van der Waals surface area (Å²) in [5, 5.41) is 2.01. The maximum Gasteiger partial charge on any atom is 0.240 e. The van der Waals surface area contributed by atoms with Crippen LogP contribution in [0.5, 0.6) is 0 Å². The Morgan fingerprint density at radius 3 is 2.56 bits per heavy atom. The summed E-state index contributed by atoms with van der Waals surface area (Å²) in [5.74, 6) is 0. The molecule has 1 rings (SSSR count). The normalized spacial score (nSPS) is 12.1. The molecule has 1 aromatic carbocycles. The van der Waals surface area contributed by atoms with Gasteiger partial charge in [0, 0.05) is 6.54 Å². The van der Waals surface area contributed by atoms with Crippen molar-refractivity contribution in [2.75, 3.05) is 12.8 Å². The van der Waals surface area contributed by atoms with Crippen LogP contribution < -0.4 is 4.72 Å². The Labute approximate surface area is 114 Å². The van der Waals surface area contributed by atoms with E-state index in [0.29, 0.717) is 11.4 Å². The lowest BCUT2D eigenvalue weighted by Crippen LogP contribution is -2.24. The molecule has 0 atom stereocenters. The van der Waals surface area contributed by atoms with Crippen LogP contribution in [0, 0.1) is 6.92 Å². The Morgan fingerprint density at radius 1 is 1.28 bits per heavy atom. The van der Waals surface area contributed by atoms with Gasteiger partial charge in [-0.25, -0.2) is 13.1 Å². The fourth-order valence-corrected chi connectivity index (χ4v) is 2.79. The van der Waals surface area contributed by atoms with E-state index in [1.165, 1.54) is 0 Å². The minimum absolute atomic E-state index is 0.327. The number of unbranched alkanes of at least 4 members (excludes halogenated alkanes) is 1. The zero-order valence-corrected chi connectivity index (χ0v) is 12.4. The number of benzene rings is 1. The minimum atomic E-state index is -3.35. The van der Waals surface area contributed by atoms with E-state index in [-0.39, 0.29) is 0 Å². The molecular formula is C13H19NO2S2. The van der Waals surface area contributed by atoms with Crippen molar-refractivity contribution in [3.8, 4) is 0 Å². The lowest BCUT2D eigenvalue weighted by Gasteiger charge is -2.06. The first kappa shape index (κ1) is 15.3. The van der Waals surface area contributed by atoms with Crippen LogP contribution >= 0.6 is 11.8 Å². The molecule has 0 saturated carbocycles. The monoisotopic (exact) mass is 285 g/mol. The predicted molar refractivity (Wildman–Crippen MR) is 78.3 cm³/mol. The van der Waals surface area contributed by atoms with Crippen LogP contribution in [0.1, 0.15) is 18.4 Å². The average Bonchev–Trinajstić information content (AvgIpc) is 2.34. The summed E-state index contributed by atoms with van der Waals surface area (Å²) in [6, 6.07) is 6.86. The minimum Gasteiger partial charge on any atom is -0.211 e. The molecule has 0 aliphatic rings. The van der Waals surface area contributed by atoms with Gasteiger partial charge < -0.3 is 0 Å². The van der Waals surface area contributed by atoms with Crippen molar-refractivity contribution in [1.82, 2.24) is 4.72 Å². The number of rotatable bonds is 7. The Morgan fingerprint density at radius 2 is 1.94 bits per heavy atom. The second-order valence-electron chi connectivity index (χ2n) is 3.96. The molecule has 0 unspecified atom stereocenters. The highest BCUT2D eigenvalue weighted by molar-refractivity contribution is 8.01. The van der Waals surface area contributed by atoms with Crippen LogP contribution in [0.3, 0.4) is 0 Å². The molecule has 0 spiro atoms. The summed E-state index contributed by atoms with van der Waals surface area (Å²) >= 11 is 1.64. The van der Waals surface area contributed by atoms with Crippen molar-refractivity contribution >= 4 is 21.8 Å². The number of aryl methyl sites for hydroxylation is 1. The van der Waals surface area contributed by atoms with Gasteiger partial charge in [0.25, 0.3) is 0 Å². The first-order valence-electron chi connectivity index (χ1n) is 5.80. The molecule has 1 aromatic rings. The van der Waals surface area contributed by atoms with Crippen molar-refractivity contribution in [2.24, 2.45) is 0 Å². The molecule has 0 aliphatic heterocycles. The molecule has 5 heteroatoms. The smallest absolute Gasteiger partial charge is 0.211 e. The van der Waals surface area contributed by atoms with Crippen LogP contribution in [-0.2, 0) is 10.0 Å². The number of sulfonamides is 1. The van der Waals surface area contributed by atoms with Crippen molar-refractivity contribution < 1.29 is 8.42 Å². The standard InChI is InChI=1S/C13H19NO2S2/c1-12-6-8-13(9-7-12)18(15,16)14-10-4-3-5-11-17-2/h5-9,11,14H,3-4,10H2,1-2H3/b11-5+. The quantitative estimate of drug-likeness (QED) is 0.784. The van der Waals surface area contributed by atoms with E-state index in [4.69, 9.17) is 0 Å². The molecule has 0 heterocycles. The van der Waals surface area contributed by atoms with Crippen molar-refractivity contribution in [3.05, 3.63) is 41.3 Å². The van der Waals surface area contributed by atoms with Crippen LogP contribution in [0.15, 0.2) is 40.6 Å². The molecule has 0 bridgehead atoms. The first-order chi connectivity index (χ1) is 8.56. The van der Waals surface area contributed by atoms with Crippen LogP contribution in [0.4, 0.5) is 0 Å². The zero-order chi connectivity index (χ0) is 13.4. The lowest BCUT2D eigenvalue weighted by molar-refractivity contribution is 0.579. The molecule has 18 heavy (non-hydrogen) atoms. The molecule has 100 valence electrons. The number of hydrogen-bond donors (Lipinski definition) is 1. The highest BCUT2D eigenvalue weighted by atomic mass is 32.2. The summed E-state index contributed by atoms with van der Waals surface area (Å²) in [6.45, 7) is 2.40. The second-order valence-corrected chi connectivity index (χ2v) is 6.47. The summed E-state index contributed by atoms with van der Waals surface area (Å²) < 4.78 is 26.4. The molecule has 0 saturated heterocycles. The van der Waals surface area contributed by atoms with E-state index in [9.17, 15) is 8.42 Å². The van der Waals surface area contributed by atoms with Gasteiger partial charge in [0.15, 0.2) is 0 Å². The van der Waals surface area contributed by atoms with Crippen LogP contribution in [0.2, 0.25) is 0 Å².